The van der Waals surface area contributed by atoms with E-state index in [1.807, 2.05) is 32.8 Å². The van der Waals surface area contributed by atoms with Crippen LogP contribution in [0.25, 0.3) is 5.76 Å². The average molecular weight is 572 g/mol. The molecule has 0 radical (unpaired) electrons. The zero-order valence-corrected chi connectivity index (χ0v) is 24.1. The van der Waals surface area contributed by atoms with Crippen molar-refractivity contribution in [3.8, 4) is 5.75 Å². The summed E-state index contributed by atoms with van der Waals surface area (Å²) in [5, 5.41) is 46.2. The number of amides is 1. The summed E-state index contributed by atoms with van der Waals surface area (Å²) in [7, 11) is 6.68. The Labute approximate surface area is 237 Å². The maximum absolute atomic E-state index is 14.2. The maximum atomic E-state index is 14.2. The Balaban J connectivity index is 2.07. The number of ketones is 2. The van der Waals surface area contributed by atoms with Crippen LogP contribution in [0.1, 0.15) is 43.4 Å². The van der Waals surface area contributed by atoms with Crippen LogP contribution >= 0.6 is 0 Å². The molecule has 12 nitrogen and oxygen atoms in total. The predicted octanol–water partition coefficient (Wildman–Crippen LogP) is 0.516. The molecule has 4 rings (SSSR count). The zero-order chi connectivity index (χ0) is 30.9. The van der Waals surface area contributed by atoms with Crippen molar-refractivity contribution < 1.29 is 44.3 Å². The molecule has 0 bridgehead atoms. The number of carbonyl (C=O) groups excluding carboxylic acids is 4. The van der Waals surface area contributed by atoms with E-state index in [9.17, 15) is 39.6 Å². The standard InChI is InChI=1S/C29H37N3O9/c1-12-13-8-9-14(28(2,3)10-31(4)5)21(34)16(13)22(35)17-15(12)24(41-11-33)19-20(32(6)7)23(36)18(27(30)39)26(38)29(19,40)25(17)37/h8-9,11-12,15,19-20,24,34-35,38,40H,10H2,1-7H3,(H2,30,39)/t12-,15+,19+,20-,24-,29-/m0/s1. The van der Waals surface area contributed by atoms with Crippen molar-refractivity contribution in [2.24, 2.45) is 17.6 Å². The summed E-state index contributed by atoms with van der Waals surface area (Å²) in [6.45, 7) is 6.17. The normalized spacial score (nSPS) is 29.9. The van der Waals surface area contributed by atoms with Gasteiger partial charge in [-0.3, -0.25) is 24.1 Å². The summed E-state index contributed by atoms with van der Waals surface area (Å²) in [4.78, 5) is 55.0. The van der Waals surface area contributed by atoms with E-state index in [0.717, 1.165) is 0 Å². The summed E-state index contributed by atoms with van der Waals surface area (Å²) in [6.07, 6.45) is -1.42. The number of likely N-dealkylation sites (N-methyl/N-ethyl adjacent to an activating group) is 2. The van der Waals surface area contributed by atoms with Gasteiger partial charge >= 0.3 is 0 Å². The van der Waals surface area contributed by atoms with Gasteiger partial charge in [-0.25, -0.2) is 0 Å². The van der Waals surface area contributed by atoms with Crippen molar-refractivity contribution in [2.75, 3.05) is 34.7 Å². The Hall–Kier alpha value is -3.74. The van der Waals surface area contributed by atoms with Crippen molar-refractivity contribution in [1.29, 1.82) is 0 Å². The van der Waals surface area contributed by atoms with Crippen LogP contribution in [-0.4, -0.2) is 107 Å². The molecule has 3 aliphatic rings. The zero-order valence-electron chi connectivity index (χ0n) is 24.1. The molecule has 6 N–H and O–H groups in total. The Bertz CT molecular complexity index is 1410. The van der Waals surface area contributed by atoms with Gasteiger partial charge in [0.1, 0.15) is 28.9 Å². The number of nitrogens with two attached hydrogens (primary N) is 1. The number of ether oxygens (including phenoxy) is 1. The molecule has 1 amide bonds. The fourth-order valence-electron chi connectivity index (χ4n) is 7.24. The number of benzene rings is 1. The number of primary amides is 1. The Morgan fingerprint density at radius 3 is 2.27 bits per heavy atom. The molecule has 0 aliphatic heterocycles. The molecule has 0 spiro atoms. The van der Waals surface area contributed by atoms with Crippen molar-refractivity contribution in [1.82, 2.24) is 9.80 Å². The highest BCUT2D eigenvalue weighted by molar-refractivity contribution is 6.24. The molecule has 0 aromatic heterocycles. The van der Waals surface area contributed by atoms with E-state index in [-0.39, 0.29) is 17.8 Å². The number of nitrogens with zero attached hydrogens (tertiary/aromatic N) is 2. The monoisotopic (exact) mass is 571 g/mol. The summed E-state index contributed by atoms with van der Waals surface area (Å²) >= 11 is 0. The van der Waals surface area contributed by atoms with Gasteiger partial charge in [-0.1, -0.05) is 32.9 Å². The summed E-state index contributed by atoms with van der Waals surface area (Å²) in [5.41, 5.74) is 1.40. The minimum Gasteiger partial charge on any atom is -0.508 e. The maximum Gasteiger partial charge on any atom is 0.293 e. The molecule has 1 saturated carbocycles. The van der Waals surface area contributed by atoms with E-state index < -0.39 is 81.1 Å². The van der Waals surface area contributed by atoms with Crippen LogP contribution in [0.15, 0.2) is 29.0 Å². The van der Waals surface area contributed by atoms with Gasteiger partial charge in [-0.2, -0.15) is 0 Å². The molecule has 12 heteroatoms. The SMILES string of the molecule is C[C@H]1c2ccc(C(C)(C)CN(C)C)c(O)c2C(O)=C2C(=O)[C@]3(O)C(O)=C(C(N)=O)C(=O)[C@@H](N(C)C)[C@@H]3[C@@H](OC=O)[C@@H]21. The largest absolute Gasteiger partial charge is 0.508 e. The van der Waals surface area contributed by atoms with Crippen molar-refractivity contribution in [3.05, 3.63) is 45.7 Å². The van der Waals surface area contributed by atoms with E-state index in [1.165, 1.54) is 19.0 Å². The van der Waals surface area contributed by atoms with Gasteiger partial charge < -0.3 is 35.8 Å². The molecule has 1 fully saturated rings. The summed E-state index contributed by atoms with van der Waals surface area (Å²) < 4.78 is 5.46. The van der Waals surface area contributed by atoms with Crippen LogP contribution < -0.4 is 5.73 Å². The Kier molecular flexibility index (Phi) is 7.35. The molecule has 0 heterocycles. The minimum atomic E-state index is -2.96. The molecular weight excluding hydrogens is 534 g/mol. The second-order valence-corrected chi connectivity index (χ2v) is 12.3. The first-order valence-electron chi connectivity index (χ1n) is 13.2. The third-order valence-electron chi connectivity index (χ3n) is 8.75. The van der Waals surface area contributed by atoms with Crippen LogP contribution in [0.5, 0.6) is 5.75 Å². The molecule has 222 valence electrons. The number of aliphatic hydroxyl groups excluding tert-OH is 2. The lowest BCUT2D eigenvalue weighted by molar-refractivity contribution is -0.178. The number of aromatic hydroxyl groups is 1. The summed E-state index contributed by atoms with van der Waals surface area (Å²) in [5.74, 6) is -9.02. The lowest BCUT2D eigenvalue weighted by Gasteiger charge is -2.54. The van der Waals surface area contributed by atoms with Gasteiger partial charge in [0.15, 0.2) is 11.4 Å². The first kappa shape index (κ1) is 30.2. The molecule has 0 unspecified atom stereocenters. The lowest BCUT2D eigenvalue weighted by Crippen LogP contribution is -2.70. The third kappa shape index (κ3) is 4.15. The molecule has 6 atom stereocenters. The molecule has 1 aromatic carbocycles. The summed E-state index contributed by atoms with van der Waals surface area (Å²) in [6, 6.07) is 2.05. The third-order valence-corrected chi connectivity index (χ3v) is 8.75. The molecule has 3 aliphatic carbocycles. The molecule has 41 heavy (non-hydrogen) atoms. The highest BCUT2D eigenvalue weighted by Gasteiger charge is 2.69. The smallest absolute Gasteiger partial charge is 0.293 e. The van der Waals surface area contributed by atoms with Crippen LogP contribution in [0.3, 0.4) is 0 Å². The second kappa shape index (κ2) is 9.97. The van der Waals surface area contributed by atoms with E-state index >= 15 is 0 Å². The fraction of sp³-hybridized carbons (Fsp3) is 0.517. The number of carbonyl (C=O) groups is 4. The molecule has 1 aromatic rings. The van der Waals surface area contributed by atoms with Gasteiger partial charge in [-0.05, 0) is 39.7 Å². The van der Waals surface area contributed by atoms with Crippen molar-refractivity contribution >= 4 is 29.7 Å². The lowest BCUT2D eigenvalue weighted by atomic mass is 9.54. The number of fused-ring (bicyclic) bond motifs is 3. The highest BCUT2D eigenvalue weighted by atomic mass is 16.5. The minimum absolute atomic E-state index is 0.0250. The van der Waals surface area contributed by atoms with Gasteiger partial charge in [0.25, 0.3) is 12.4 Å². The van der Waals surface area contributed by atoms with E-state index in [4.69, 9.17) is 10.5 Å². The first-order valence-corrected chi connectivity index (χ1v) is 13.2. The highest BCUT2D eigenvalue weighted by Crippen LogP contribution is 2.57. The molecule has 0 saturated heterocycles. The number of phenolic OH excluding ortho intramolecular Hbond substituents is 1. The number of aliphatic hydroxyl groups is 3. The number of rotatable bonds is 7. The van der Waals surface area contributed by atoms with Crippen molar-refractivity contribution in [3.63, 3.8) is 0 Å². The Morgan fingerprint density at radius 1 is 1.15 bits per heavy atom. The van der Waals surface area contributed by atoms with Crippen molar-refractivity contribution in [2.45, 2.75) is 49.9 Å². The van der Waals surface area contributed by atoms with E-state index in [0.29, 0.717) is 17.7 Å². The van der Waals surface area contributed by atoms with Crippen LogP contribution in [0, 0.1) is 11.8 Å². The van der Waals surface area contributed by atoms with Gasteiger partial charge in [0.2, 0.25) is 5.78 Å². The van der Waals surface area contributed by atoms with E-state index in [2.05, 4.69) is 0 Å². The Morgan fingerprint density at radius 2 is 1.76 bits per heavy atom. The second-order valence-electron chi connectivity index (χ2n) is 12.3. The number of hydrogen-bond acceptors (Lipinski definition) is 11. The fourth-order valence-corrected chi connectivity index (χ4v) is 7.24. The molecular formula is C29H37N3O9. The number of Topliss-reactive ketones (excluding diaryl/α,β-unsaturated/α-hetero) is 2. The number of phenols is 1. The number of hydrogen-bond donors (Lipinski definition) is 5. The quantitative estimate of drug-likeness (QED) is 0.226. The van der Waals surface area contributed by atoms with Gasteiger partial charge in [0, 0.05) is 29.0 Å². The topological polar surface area (TPSA) is 191 Å². The van der Waals surface area contributed by atoms with Gasteiger partial charge in [0.05, 0.1) is 17.5 Å². The predicted molar refractivity (Wildman–Crippen MR) is 147 cm³/mol. The average Bonchev–Trinajstić information content (AvgIpc) is 2.84. The van der Waals surface area contributed by atoms with Crippen LogP contribution in [-0.2, 0) is 29.3 Å². The van der Waals surface area contributed by atoms with Crippen LogP contribution in [0.4, 0.5) is 0 Å². The van der Waals surface area contributed by atoms with Gasteiger partial charge in [-0.15, -0.1) is 0 Å². The first-order chi connectivity index (χ1) is 18.9. The van der Waals surface area contributed by atoms with Crippen LogP contribution in [0.2, 0.25) is 0 Å². The van der Waals surface area contributed by atoms with E-state index in [1.54, 1.807) is 19.1 Å².